The second-order valence-corrected chi connectivity index (χ2v) is 6.11. The molecule has 1 aromatic carbocycles. The maximum atomic E-state index is 12.4. The van der Waals surface area contributed by atoms with Crippen LogP contribution in [-0.4, -0.2) is 29.7 Å². The van der Waals surface area contributed by atoms with E-state index in [2.05, 4.69) is 14.9 Å². The third kappa shape index (κ3) is 3.05. The van der Waals surface area contributed by atoms with E-state index in [9.17, 15) is 13.2 Å². The van der Waals surface area contributed by atoms with Crippen molar-refractivity contribution in [1.82, 2.24) is 10.2 Å². The lowest BCUT2D eigenvalue weighted by molar-refractivity contribution is 0.0686. The third-order valence-electron chi connectivity index (χ3n) is 2.95. The molecule has 0 saturated carbocycles. The number of nitrogens with zero attached hydrogens (tertiary/aromatic N) is 1. The smallest absolute Gasteiger partial charge is 0.357 e. The average molecular weight is 309 g/mol. The second-order valence-electron chi connectivity index (χ2n) is 4.49. The third-order valence-corrected chi connectivity index (χ3v) is 4.49. The molecule has 0 aliphatic heterocycles. The topological polar surface area (TPSA) is 112 Å². The molecule has 0 radical (unpaired) electrons. The Morgan fingerprint density at radius 3 is 2.76 bits per heavy atom. The fraction of sp³-hybridized carbons (Fsp3) is 0.231. The van der Waals surface area contributed by atoms with Crippen molar-refractivity contribution in [3.63, 3.8) is 0 Å². The summed E-state index contributed by atoms with van der Waals surface area (Å²) in [5, 5.41) is 14.9. The van der Waals surface area contributed by atoms with Crippen LogP contribution in [0.25, 0.3) is 0 Å². The minimum atomic E-state index is -4.03. The number of aromatic carboxylic acids is 1. The molecule has 2 aromatic rings. The molecule has 0 fully saturated rings. The van der Waals surface area contributed by atoms with Crippen molar-refractivity contribution in [2.45, 2.75) is 25.2 Å². The van der Waals surface area contributed by atoms with Gasteiger partial charge >= 0.3 is 5.97 Å². The quantitative estimate of drug-likeness (QED) is 0.779. The van der Waals surface area contributed by atoms with Gasteiger partial charge in [0.15, 0.2) is 5.69 Å². The zero-order chi connectivity index (χ0) is 15.6. The molecule has 1 aromatic heterocycles. The van der Waals surface area contributed by atoms with Crippen LogP contribution in [0.15, 0.2) is 29.2 Å². The number of H-pyrrole nitrogens is 1. The van der Waals surface area contributed by atoms with Crippen LogP contribution in [0, 0.1) is 6.92 Å². The van der Waals surface area contributed by atoms with Crippen molar-refractivity contribution in [1.29, 1.82) is 0 Å². The summed E-state index contributed by atoms with van der Waals surface area (Å²) in [5.74, 6) is -1.40. The van der Waals surface area contributed by atoms with Crippen LogP contribution in [0.1, 0.15) is 28.7 Å². The SMILES string of the molecule is CCc1cccc(NS(=O)(=O)c2c(C(=O)O)n[nH]c2C)c1. The van der Waals surface area contributed by atoms with Crippen molar-refractivity contribution in [3.8, 4) is 0 Å². The number of sulfonamides is 1. The minimum Gasteiger partial charge on any atom is -0.476 e. The molecule has 2 rings (SSSR count). The Morgan fingerprint density at radius 2 is 2.14 bits per heavy atom. The van der Waals surface area contributed by atoms with Crippen LogP contribution >= 0.6 is 0 Å². The summed E-state index contributed by atoms with van der Waals surface area (Å²) in [6.45, 7) is 3.41. The molecule has 0 unspecified atom stereocenters. The predicted molar refractivity (Wildman–Crippen MR) is 76.9 cm³/mol. The van der Waals surface area contributed by atoms with E-state index in [1.807, 2.05) is 13.0 Å². The Balaban J connectivity index is 2.43. The van der Waals surface area contributed by atoms with E-state index in [0.717, 1.165) is 12.0 Å². The van der Waals surface area contributed by atoms with E-state index in [1.54, 1.807) is 18.2 Å². The van der Waals surface area contributed by atoms with E-state index in [-0.39, 0.29) is 10.6 Å². The lowest BCUT2D eigenvalue weighted by Crippen LogP contribution is -2.17. The molecule has 0 spiro atoms. The number of aromatic nitrogens is 2. The Hall–Kier alpha value is -2.35. The van der Waals surface area contributed by atoms with Gasteiger partial charge in [-0.05, 0) is 31.0 Å². The fourth-order valence-electron chi connectivity index (χ4n) is 1.95. The number of anilines is 1. The van der Waals surface area contributed by atoms with Gasteiger partial charge in [-0.1, -0.05) is 19.1 Å². The summed E-state index contributed by atoms with van der Waals surface area (Å²) >= 11 is 0. The maximum absolute atomic E-state index is 12.4. The number of hydrogen-bond acceptors (Lipinski definition) is 4. The van der Waals surface area contributed by atoms with Crippen molar-refractivity contribution >= 4 is 21.7 Å². The standard InChI is InChI=1S/C13H15N3O4S/c1-3-9-5-4-6-10(7-9)16-21(19,20)12-8(2)14-15-11(12)13(17)18/h4-7,16H,3H2,1-2H3,(H,14,15)(H,17,18). The van der Waals surface area contributed by atoms with Gasteiger partial charge in [0, 0.05) is 5.69 Å². The Kier molecular flexibility index (Phi) is 3.99. The highest BCUT2D eigenvalue weighted by atomic mass is 32.2. The number of rotatable bonds is 5. The number of aromatic amines is 1. The number of aryl methyl sites for hydroxylation is 2. The Bertz CT molecular complexity index is 780. The molecule has 21 heavy (non-hydrogen) atoms. The van der Waals surface area contributed by atoms with E-state index in [0.29, 0.717) is 5.69 Å². The van der Waals surface area contributed by atoms with Crippen molar-refractivity contribution in [2.75, 3.05) is 4.72 Å². The first-order chi connectivity index (χ1) is 9.85. The zero-order valence-electron chi connectivity index (χ0n) is 11.5. The van der Waals surface area contributed by atoms with Crippen LogP contribution in [0.5, 0.6) is 0 Å². The van der Waals surface area contributed by atoms with Crippen LogP contribution in [0.2, 0.25) is 0 Å². The number of carboxylic acid groups (broad SMARTS) is 1. The maximum Gasteiger partial charge on any atom is 0.357 e. The summed E-state index contributed by atoms with van der Waals surface area (Å²) in [7, 11) is -4.03. The molecule has 3 N–H and O–H groups in total. The number of hydrogen-bond donors (Lipinski definition) is 3. The molecule has 0 aliphatic carbocycles. The molecule has 0 bridgehead atoms. The average Bonchev–Trinajstić information content (AvgIpc) is 2.81. The lowest BCUT2D eigenvalue weighted by atomic mass is 10.1. The van der Waals surface area contributed by atoms with Crippen molar-refractivity contribution in [2.24, 2.45) is 0 Å². The van der Waals surface area contributed by atoms with Gasteiger partial charge in [0.2, 0.25) is 0 Å². The molecule has 0 saturated heterocycles. The highest BCUT2D eigenvalue weighted by Crippen LogP contribution is 2.22. The summed E-state index contributed by atoms with van der Waals surface area (Å²) in [6.07, 6.45) is 0.765. The van der Waals surface area contributed by atoms with Gasteiger partial charge in [-0.15, -0.1) is 0 Å². The van der Waals surface area contributed by atoms with Gasteiger partial charge in [0.1, 0.15) is 4.90 Å². The lowest BCUT2D eigenvalue weighted by Gasteiger charge is -2.09. The molecule has 0 aliphatic rings. The van der Waals surface area contributed by atoms with Crippen LogP contribution in [0.3, 0.4) is 0 Å². The van der Waals surface area contributed by atoms with E-state index >= 15 is 0 Å². The summed E-state index contributed by atoms with van der Waals surface area (Å²) in [5.41, 5.74) is 1.00. The van der Waals surface area contributed by atoms with Gasteiger partial charge in [-0.25, -0.2) is 13.2 Å². The molecule has 112 valence electrons. The first-order valence-electron chi connectivity index (χ1n) is 6.25. The van der Waals surface area contributed by atoms with E-state index in [4.69, 9.17) is 5.11 Å². The first kappa shape index (κ1) is 15.0. The number of nitrogens with one attached hydrogen (secondary N) is 2. The molecule has 0 atom stereocenters. The monoisotopic (exact) mass is 309 g/mol. The molecular weight excluding hydrogens is 294 g/mol. The highest BCUT2D eigenvalue weighted by molar-refractivity contribution is 7.92. The Morgan fingerprint density at radius 1 is 1.43 bits per heavy atom. The zero-order valence-corrected chi connectivity index (χ0v) is 12.4. The molecule has 8 heteroatoms. The van der Waals surface area contributed by atoms with Gasteiger partial charge in [-0.3, -0.25) is 9.82 Å². The molecule has 0 amide bonds. The van der Waals surface area contributed by atoms with E-state index < -0.39 is 21.7 Å². The van der Waals surface area contributed by atoms with Crippen molar-refractivity contribution < 1.29 is 18.3 Å². The van der Waals surface area contributed by atoms with Crippen LogP contribution in [-0.2, 0) is 16.4 Å². The largest absolute Gasteiger partial charge is 0.476 e. The predicted octanol–water partition coefficient (Wildman–Crippen LogP) is 1.78. The fourth-order valence-corrected chi connectivity index (χ4v) is 3.33. The number of benzene rings is 1. The van der Waals surface area contributed by atoms with E-state index in [1.165, 1.54) is 6.92 Å². The minimum absolute atomic E-state index is 0.173. The molecular formula is C13H15N3O4S. The summed E-state index contributed by atoms with van der Waals surface area (Å²) in [4.78, 5) is 10.7. The van der Waals surface area contributed by atoms with Crippen LogP contribution in [0.4, 0.5) is 5.69 Å². The summed E-state index contributed by atoms with van der Waals surface area (Å²) < 4.78 is 27.1. The van der Waals surface area contributed by atoms with Crippen LogP contribution < -0.4 is 4.72 Å². The highest BCUT2D eigenvalue weighted by Gasteiger charge is 2.28. The molecule has 7 nitrogen and oxygen atoms in total. The van der Waals surface area contributed by atoms with Gasteiger partial charge in [0.25, 0.3) is 10.0 Å². The van der Waals surface area contributed by atoms with Gasteiger partial charge in [-0.2, -0.15) is 5.10 Å². The normalized spacial score (nSPS) is 11.3. The number of carbonyl (C=O) groups is 1. The summed E-state index contributed by atoms with van der Waals surface area (Å²) in [6, 6.07) is 6.92. The van der Waals surface area contributed by atoms with Crippen molar-refractivity contribution in [3.05, 3.63) is 41.2 Å². The first-order valence-corrected chi connectivity index (χ1v) is 7.73. The second kappa shape index (κ2) is 5.57. The molecule has 1 heterocycles. The van der Waals surface area contributed by atoms with Gasteiger partial charge in [0.05, 0.1) is 5.69 Å². The number of carboxylic acids is 1. The Labute approximate surface area is 122 Å². The van der Waals surface area contributed by atoms with Gasteiger partial charge < -0.3 is 5.11 Å².